The maximum atomic E-state index is 4.40. The van der Waals surface area contributed by atoms with Crippen molar-refractivity contribution >= 4 is 0 Å². The van der Waals surface area contributed by atoms with E-state index < -0.39 is 0 Å². The molecule has 0 saturated heterocycles. The average molecular weight is 195 g/mol. The zero-order chi connectivity index (χ0) is 10.6. The van der Waals surface area contributed by atoms with E-state index in [4.69, 9.17) is 0 Å². The third-order valence-electron chi connectivity index (χ3n) is 2.48. The molecule has 1 N–H and O–H groups in total. The Balaban J connectivity index is 2.49. The molecule has 0 fully saturated rings. The third kappa shape index (κ3) is 3.50. The molecule has 1 aromatic rings. The van der Waals surface area contributed by atoms with Gasteiger partial charge in [0.1, 0.15) is 0 Å². The maximum absolute atomic E-state index is 4.40. The van der Waals surface area contributed by atoms with Crippen LogP contribution in [-0.2, 0) is 13.5 Å². The molecule has 0 aliphatic rings. The number of hydrogen-bond acceptors (Lipinski definition) is 2. The first-order valence-electron chi connectivity index (χ1n) is 5.17. The minimum Gasteiger partial charge on any atom is -0.320 e. The van der Waals surface area contributed by atoms with Crippen molar-refractivity contribution in [3.05, 3.63) is 18.0 Å². The lowest BCUT2D eigenvalue weighted by Crippen LogP contribution is -2.22. The zero-order valence-electron chi connectivity index (χ0n) is 9.67. The van der Waals surface area contributed by atoms with Crippen LogP contribution in [0.5, 0.6) is 0 Å². The molecule has 0 aromatic carbocycles. The lowest BCUT2D eigenvalue weighted by atomic mass is 9.84. The van der Waals surface area contributed by atoms with Gasteiger partial charge in [0.15, 0.2) is 0 Å². The fourth-order valence-electron chi connectivity index (χ4n) is 1.60. The highest BCUT2D eigenvalue weighted by molar-refractivity contribution is 5.01. The van der Waals surface area contributed by atoms with Crippen LogP contribution in [0.1, 0.15) is 26.0 Å². The monoisotopic (exact) mass is 195 g/mol. The Labute approximate surface area is 86.5 Å². The van der Waals surface area contributed by atoms with E-state index in [0.29, 0.717) is 5.41 Å². The molecule has 3 nitrogen and oxygen atoms in total. The summed E-state index contributed by atoms with van der Waals surface area (Å²) >= 11 is 0. The summed E-state index contributed by atoms with van der Waals surface area (Å²) in [4.78, 5) is 0. The molecule has 1 rings (SSSR count). The van der Waals surface area contributed by atoms with Crippen molar-refractivity contribution in [3.8, 4) is 0 Å². The number of nitrogens with one attached hydrogen (secondary N) is 1. The second kappa shape index (κ2) is 4.60. The third-order valence-corrected chi connectivity index (χ3v) is 2.48. The molecule has 0 aliphatic heterocycles. The molecule has 1 heterocycles. The summed E-state index contributed by atoms with van der Waals surface area (Å²) in [5.41, 5.74) is 1.52. The first-order valence-corrected chi connectivity index (χ1v) is 5.17. The Morgan fingerprint density at radius 2 is 2.21 bits per heavy atom. The lowest BCUT2D eigenvalue weighted by molar-refractivity contribution is 0.325. The van der Waals surface area contributed by atoms with Crippen LogP contribution in [0.3, 0.4) is 0 Å². The summed E-state index contributed by atoms with van der Waals surface area (Å²) in [6, 6.07) is 2.10. The molecule has 0 spiro atoms. The van der Waals surface area contributed by atoms with E-state index in [1.165, 1.54) is 12.1 Å². The highest BCUT2D eigenvalue weighted by Gasteiger charge is 2.18. The molecule has 3 heteroatoms. The predicted octanol–water partition coefficient (Wildman–Crippen LogP) is 1.60. The van der Waals surface area contributed by atoms with Crippen molar-refractivity contribution in [1.29, 1.82) is 0 Å². The second-order valence-electron chi connectivity index (χ2n) is 4.68. The number of aromatic nitrogens is 2. The van der Waals surface area contributed by atoms with Gasteiger partial charge in [-0.1, -0.05) is 13.8 Å². The van der Waals surface area contributed by atoms with Gasteiger partial charge >= 0.3 is 0 Å². The number of aryl methyl sites for hydroxylation is 1. The minimum absolute atomic E-state index is 0.331. The molecular weight excluding hydrogens is 174 g/mol. The van der Waals surface area contributed by atoms with Gasteiger partial charge < -0.3 is 5.32 Å². The molecule has 0 unspecified atom stereocenters. The van der Waals surface area contributed by atoms with Crippen LogP contribution >= 0.6 is 0 Å². The molecule has 0 atom stereocenters. The van der Waals surface area contributed by atoms with Gasteiger partial charge in [-0.15, -0.1) is 0 Å². The smallest absolute Gasteiger partial charge is 0.0629 e. The number of rotatable bonds is 5. The fraction of sp³-hybridized carbons (Fsp3) is 0.727. The van der Waals surface area contributed by atoms with Gasteiger partial charge in [0.05, 0.1) is 5.69 Å². The number of nitrogens with zero attached hydrogens (tertiary/aromatic N) is 2. The first-order chi connectivity index (χ1) is 6.53. The van der Waals surface area contributed by atoms with Crippen LogP contribution in [-0.4, -0.2) is 23.4 Å². The normalized spacial score (nSPS) is 12.0. The van der Waals surface area contributed by atoms with Crippen LogP contribution in [0.2, 0.25) is 0 Å². The first kappa shape index (κ1) is 11.2. The topological polar surface area (TPSA) is 29.9 Å². The van der Waals surface area contributed by atoms with E-state index in [9.17, 15) is 0 Å². The summed E-state index contributed by atoms with van der Waals surface area (Å²) in [5.74, 6) is 0. The molecule has 0 bridgehead atoms. The van der Waals surface area contributed by atoms with Gasteiger partial charge in [-0.05, 0) is 37.9 Å². The molecular formula is C11H21N3. The Morgan fingerprint density at radius 1 is 1.50 bits per heavy atom. The second-order valence-corrected chi connectivity index (χ2v) is 4.68. The summed E-state index contributed by atoms with van der Waals surface area (Å²) in [6.07, 6.45) is 4.24. The molecule has 14 heavy (non-hydrogen) atoms. The zero-order valence-corrected chi connectivity index (χ0v) is 9.67. The van der Waals surface area contributed by atoms with E-state index in [2.05, 4.69) is 30.3 Å². The van der Waals surface area contributed by atoms with Crippen molar-refractivity contribution in [2.24, 2.45) is 12.5 Å². The van der Waals surface area contributed by atoms with Gasteiger partial charge in [0.25, 0.3) is 0 Å². The van der Waals surface area contributed by atoms with Crippen LogP contribution in [0.25, 0.3) is 0 Å². The van der Waals surface area contributed by atoms with E-state index in [-0.39, 0.29) is 0 Å². The Hall–Kier alpha value is -0.830. The van der Waals surface area contributed by atoms with Crippen LogP contribution in [0.15, 0.2) is 12.3 Å². The van der Waals surface area contributed by atoms with Crippen molar-refractivity contribution in [1.82, 2.24) is 15.1 Å². The summed E-state index contributed by atoms with van der Waals surface area (Å²) in [6.45, 7) is 5.65. The Kier molecular flexibility index (Phi) is 3.69. The molecule has 0 aliphatic carbocycles. The fourth-order valence-corrected chi connectivity index (χ4v) is 1.60. The summed E-state index contributed by atoms with van der Waals surface area (Å²) < 4.78 is 1.86. The van der Waals surface area contributed by atoms with Gasteiger partial charge in [-0.3, -0.25) is 4.68 Å². The molecule has 80 valence electrons. The SMILES string of the molecule is CNCCC(C)(C)Cc1ccn(C)n1. The van der Waals surface area contributed by atoms with Crippen LogP contribution < -0.4 is 5.32 Å². The molecule has 0 radical (unpaired) electrons. The van der Waals surface area contributed by atoms with Crippen LogP contribution in [0, 0.1) is 5.41 Å². The van der Waals surface area contributed by atoms with Gasteiger partial charge in [0, 0.05) is 13.2 Å². The van der Waals surface area contributed by atoms with Crippen LogP contribution in [0.4, 0.5) is 0 Å². The average Bonchev–Trinajstić information content (AvgIpc) is 2.47. The standard InChI is InChI=1S/C11H21N3/c1-11(2,6-7-12-3)9-10-5-8-14(4)13-10/h5,8,12H,6-7,9H2,1-4H3. The van der Waals surface area contributed by atoms with E-state index >= 15 is 0 Å². The van der Waals surface area contributed by atoms with Gasteiger partial charge in [0.2, 0.25) is 0 Å². The van der Waals surface area contributed by atoms with E-state index in [1.807, 2.05) is 25.0 Å². The van der Waals surface area contributed by atoms with Gasteiger partial charge in [-0.2, -0.15) is 5.10 Å². The summed E-state index contributed by atoms with van der Waals surface area (Å²) in [7, 11) is 3.96. The van der Waals surface area contributed by atoms with Gasteiger partial charge in [-0.25, -0.2) is 0 Å². The molecule has 0 saturated carbocycles. The van der Waals surface area contributed by atoms with Crippen molar-refractivity contribution in [3.63, 3.8) is 0 Å². The van der Waals surface area contributed by atoms with Crippen molar-refractivity contribution < 1.29 is 0 Å². The van der Waals surface area contributed by atoms with Crippen molar-refractivity contribution in [2.45, 2.75) is 26.7 Å². The Morgan fingerprint density at radius 3 is 2.71 bits per heavy atom. The van der Waals surface area contributed by atoms with E-state index in [0.717, 1.165) is 13.0 Å². The maximum Gasteiger partial charge on any atom is 0.0629 e. The highest BCUT2D eigenvalue weighted by atomic mass is 15.2. The number of hydrogen-bond donors (Lipinski definition) is 1. The molecule has 1 aromatic heterocycles. The molecule has 0 amide bonds. The minimum atomic E-state index is 0.331. The van der Waals surface area contributed by atoms with Crippen molar-refractivity contribution in [2.75, 3.05) is 13.6 Å². The lowest BCUT2D eigenvalue weighted by Gasteiger charge is -2.23. The Bertz CT molecular complexity index is 276. The largest absolute Gasteiger partial charge is 0.320 e. The predicted molar refractivity (Wildman–Crippen MR) is 59.2 cm³/mol. The highest BCUT2D eigenvalue weighted by Crippen LogP contribution is 2.24. The summed E-state index contributed by atoms with van der Waals surface area (Å²) in [5, 5.41) is 7.59. The van der Waals surface area contributed by atoms with E-state index in [1.54, 1.807) is 0 Å². The quantitative estimate of drug-likeness (QED) is 0.773.